The van der Waals surface area contributed by atoms with Crippen LogP contribution in [0.15, 0.2) is 42.7 Å². The van der Waals surface area contributed by atoms with Crippen LogP contribution >= 0.6 is 0 Å². The van der Waals surface area contributed by atoms with Crippen molar-refractivity contribution in [3.8, 4) is 17.1 Å². The second-order valence-corrected chi connectivity index (χ2v) is 3.92. The zero-order valence-corrected chi connectivity index (χ0v) is 9.33. The Kier molecular flexibility index (Phi) is 2.08. The van der Waals surface area contributed by atoms with Crippen LogP contribution in [-0.4, -0.2) is 19.6 Å². The smallest absolute Gasteiger partial charge is 0.160 e. The maximum atomic E-state index is 9.75. The fraction of sp³-hybridized carbons (Fsp3) is 0.0769. The fourth-order valence-corrected chi connectivity index (χ4v) is 1.86. The zero-order valence-electron chi connectivity index (χ0n) is 9.33. The summed E-state index contributed by atoms with van der Waals surface area (Å²) in [4.78, 5) is 8.69. The molecule has 1 aromatic carbocycles. The van der Waals surface area contributed by atoms with E-state index in [1.165, 1.54) is 0 Å². The highest BCUT2D eigenvalue weighted by atomic mass is 16.3. The van der Waals surface area contributed by atoms with E-state index in [-0.39, 0.29) is 5.75 Å². The van der Waals surface area contributed by atoms with Crippen LogP contribution in [0.2, 0.25) is 0 Å². The van der Waals surface area contributed by atoms with Gasteiger partial charge < -0.3 is 9.67 Å². The van der Waals surface area contributed by atoms with Gasteiger partial charge in [-0.05, 0) is 0 Å². The average molecular weight is 225 g/mol. The van der Waals surface area contributed by atoms with Gasteiger partial charge in [0, 0.05) is 18.8 Å². The number of aromatic hydroxyl groups is 1. The number of hydrogen-bond acceptors (Lipinski definition) is 3. The van der Waals surface area contributed by atoms with Gasteiger partial charge in [0.1, 0.15) is 5.52 Å². The standard InChI is InChI=1S/C13H11N3O/c1-16-8-11(17)12-10(16)7-14-13(15-12)9-5-3-2-4-6-9/h2-8,17H,1H3. The summed E-state index contributed by atoms with van der Waals surface area (Å²) in [5, 5.41) is 9.75. The molecule has 2 aromatic heterocycles. The minimum atomic E-state index is 0.182. The van der Waals surface area contributed by atoms with Gasteiger partial charge in [-0.3, -0.25) is 0 Å². The molecule has 17 heavy (non-hydrogen) atoms. The van der Waals surface area contributed by atoms with Crippen molar-refractivity contribution in [2.45, 2.75) is 0 Å². The van der Waals surface area contributed by atoms with Gasteiger partial charge in [-0.15, -0.1) is 0 Å². The van der Waals surface area contributed by atoms with Crippen molar-refractivity contribution >= 4 is 11.0 Å². The van der Waals surface area contributed by atoms with Gasteiger partial charge in [-0.1, -0.05) is 30.3 Å². The van der Waals surface area contributed by atoms with E-state index < -0.39 is 0 Å². The summed E-state index contributed by atoms with van der Waals surface area (Å²) < 4.78 is 1.80. The van der Waals surface area contributed by atoms with Gasteiger partial charge in [0.25, 0.3) is 0 Å². The summed E-state index contributed by atoms with van der Waals surface area (Å²) in [6, 6.07) is 9.71. The molecule has 0 fully saturated rings. The molecule has 4 nitrogen and oxygen atoms in total. The maximum absolute atomic E-state index is 9.75. The lowest BCUT2D eigenvalue weighted by Crippen LogP contribution is -1.91. The molecule has 2 heterocycles. The number of hydrogen-bond donors (Lipinski definition) is 1. The molecule has 0 atom stereocenters. The van der Waals surface area contributed by atoms with Crippen molar-refractivity contribution < 1.29 is 5.11 Å². The van der Waals surface area contributed by atoms with E-state index in [0.29, 0.717) is 11.3 Å². The third kappa shape index (κ3) is 1.54. The van der Waals surface area contributed by atoms with Crippen molar-refractivity contribution in [1.29, 1.82) is 0 Å². The van der Waals surface area contributed by atoms with Crippen LogP contribution in [0, 0.1) is 0 Å². The third-order valence-electron chi connectivity index (χ3n) is 2.74. The van der Waals surface area contributed by atoms with Gasteiger partial charge >= 0.3 is 0 Å². The van der Waals surface area contributed by atoms with Crippen LogP contribution in [0.5, 0.6) is 5.75 Å². The Labute approximate surface area is 98.2 Å². The monoisotopic (exact) mass is 225 g/mol. The molecule has 0 aliphatic rings. The van der Waals surface area contributed by atoms with Crippen LogP contribution in [0.3, 0.4) is 0 Å². The number of aromatic nitrogens is 3. The van der Waals surface area contributed by atoms with E-state index in [0.717, 1.165) is 11.1 Å². The first kappa shape index (κ1) is 9.84. The molecule has 3 rings (SSSR count). The van der Waals surface area contributed by atoms with Crippen LogP contribution in [0.1, 0.15) is 0 Å². The summed E-state index contributed by atoms with van der Waals surface area (Å²) in [6.45, 7) is 0. The summed E-state index contributed by atoms with van der Waals surface area (Å²) in [7, 11) is 1.85. The Hall–Kier alpha value is -2.36. The number of nitrogens with zero attached hydrogens (tertiary/aromatic N) is 3. The minimum Gasteiger partial charge on any atom is -0.504 e. The van der Waals surface area contributed by atoms with E-state index in [1.807, 2.05) is 37.4 Å². The average Bonchev–Trinajstić information content (AvgIpc) is 2.66. The molecule has 1 N–H and O–H groups in total. The molecule has 0 aliphatic heterocycles. The number of rotatable bonds is 1. The highest BCUT2D eigenvalue weighted by molar-refractivity contribution is 5.83. The van der Waals surface area contributed by atoms with Crippen LogP contribution in [-0.2, 0) is 7.05 Å². The number of aryl methyl sites for hydroxylation is 1. The lowest BCUT2D eigenvalue weighted by Gasteiger charge is -2.00. The SMILES string of the molecule is Cn1cc(O)c2nc(-c3ccccc3)ncc21. The molecular weight excluding hydrogens is 214 g/mol. The van der Waals surface area contributed by atoms with Crippen LogP contribution < -0.4 is 0 Å². The summed E-state index contributed by atoms with van der Waals surface area (Å²) >= 11 is 0. The Balaban J connectivity index is 2.24. The van der Waals surface area contributed by atoms with Gasteiger partial charge in [-0.2, -0.15) is 0 Å². The topological polar surface area (TPSA) is 50.9 Å². The lowest BCUT2D eigenvalue weighted by atomic mass is 10.2. The van der Waals surface area contributed by atoms with E-state index in [4.69, 9.17) is 0 Å². The predicted molar refractivity (Wildman–Crippen MR) is 65.6 cm³/mol. The van der Waals surface area contributed by atoms with E-state index in [2.05, 4.69) is 9.97 Å². The van der Waals surface area contributed by atoms with E-state index in [9.17, 15) is 5.11 Å². The van der Waals surface area contributed by atoms with Crippen molar-refractivity contribution in [1.82, 2.24) is 14.5 Å². The Bertz CT molecular complexity index is 674. The molecule has 4 heteroatoms. The first-order valence-corrected chi connectivity index (χ1v) is 5.32. The second-order valence-electron chi connectivity index (χ2n) is 3.92. The Morgan fingerprint density at radius 2 is 1.94 bits per heavy atom. The van der Waals surface area contributed by atoms with Gasteiger partial charge in [0.15, 0.2) is 11.6 Å². The zero-order chi connectivity index (χ0) is 11.8. The second kappa shape index (κ2) is 3.59. The first-order chi connectivity index (χ1) is 8.25. The third-order valence-corrected chi connectivity index (χ3v) is 2.74. The molecule has 0 unspecified atom stereocenters. The van der Waals surface area contributed by atoms with Crippen molar-refractivity contribution in [3.05, 3.63) is 42.7 Å². The normalized spacial score (nSPS) is 10.9. The van der Waals surface area contributed by atoms with Crippen LogP contribution in [0.25, 0.3) is 22.4 Å². The molecular formula is C13H11N3O. The van der Waals surface area contributed by atoms with Crippen molar-refractivity contribution in [2.24, 2.45) is 7.05 Å². The molecule has 3 aromatic rings. The summed E-state index contributed by atoms with van der Waals surface area (Å²) in [5.41, 5.74) is 2.35. The van der Waals surface area contributed by atoms with Crippen LogP contribution in [0.4, 0.5) is 0 Å². The van der Waals surface area contributed by atoms with Crippen molar-refractivity contribution in [2.75, 3.05) is 0 Å². The van der Waals surface area contributed by atoms with Crippen molar-refractivity contribution in [3.63, 3.8) is 0 Å². The quantitative estimate of drug-likeness (QED) is 0.691. The molecule has 0 spiro atoms. The molecule has 84 valence electrons. The Morgan fingerprint density at radius 3 is 2.71 bits per heavy atom. The Morgan fingerprint density at radius 1 is 1.18 bits per heavy atom. The lowest BCUT2D eigenvalue weighted by molar-refractivity contribution is 0.478. The predicted octanol–water partition coefficient (Wildman–Crippen LogP) is 2.34. The molecule has 0 radical (unpaired) electrons. The molecule has 0 saturated heterocycles. The highest BCUT2D eigenvalue weighted by Gasteiger charge is 2.09. The minimum absolute atomic E-state index is 0.182. The molecule has 0 bridgehead atoms. The maximum Gasteiger partial charge on any atom is 0.160 e. The van der Waals surface area contributed by atoms with E-state index in [1.54, 1.807) is 17.0 Å². The van der Waals surface area contributed by atoms with Gasteiger partial charge in [-0.25, -0.2) is 9.97 Å². The fourth-order valence-electron chi connectivity index (χ4n) is 1.86. The largest absolute Gasteiger partial charge is 0.504 e. The van der Waals surface area contributed by atoms with Gasteiger partial charge in [0.05, 0.1) is 11.7 Å². The first-order valence-electron chi connectivity index (χ1n) is 5.32. The van der Waals surface area contributed by atoms with E-state index >= 15 is 0 Å². The molecule has 0 saturated carbocycles. The molecule has 0 aliphatic carbocycles. The van der Waals surface area contributed by atoms with Gasteiger partial charge in [0.2, 0.25) is 0 Å². The molecule has 0 amide bonds. The number of fused-ring (bicyclic) bond motifs is 1. The summed E-state index contributed by atoms with van der Waals surface area (Å²) in [6.07, 6.45) is 3.36. The highest BCUT2D eigenvalue weighted by Crippen LogP contribution is 2.25. The number of benzene rings is 1. The summed E-state index contributed by atoms with van der Waals surface area (Å²) in [5.74, 6) is 0.807.